The number of unbranched alkanes of at least 4 members (excludes halogenated alkanes) is 1. The molecule has 0 spiro atoms. The predicted molar refractivity (Wildman–Crippen MR) is 130 cm³/mol. The lowest BCUT2D eigenvalue weighted by atomic mass is 9.94. The van der Waals surface area contributed by atoms with Crippen LogP contribution in [0.1, 0.15) is 54.3 Å². The summed E-state index contributed by atoms with van der Waals surface area (Å²) in [6.07, 6.45) is 1.78. The molecule has 3 aromatic carbocycles. The summed E-state index contributed by atoms with van der Waals surface area (Å²) in [5.41, 5.74) is 7.07. The Labute approximate surface area is 188 Å². The first kappa shape index (κ1) is 20.4. The highest BCUT2D eigenvalue weighted by Crippen LogP contribution is 2.45. The number of esters is 1. The maximum atomic E-state index is 12.9. The van der Waals surface area contributed by atoms with E-state index in [1.807, 2.05) is 31.2 Å². The van der Waals surface area contributed by atoms with Gasteiger partial charge in [0.15, 0.2) is 6.10 Å². The number of ether oxygens (including phenoxy) is 1. The van der Waals surface area contributed by atoms with Crippen LogP contribution in [-0.2, 0) is 11.3 Å². The van der Waals surface area contributed by atoms with Crippen molar-refractivity contribution in [2.45, 2.75) is 39.3 Å². The number of fused-ring (bicyclic) bond motifs is 2. The molecule has 0 amide bonds. The minimum Gasteiger partial charge on any atom is -0.449 e. The Balaban J connectivity index is 1.76. The van der Waals surface area contributed by atoms with E-state index >= 15 is 0 Å². The molecule has 4 nitrogen and oxygen atoms in total. The van der Waals surface area contributed by atoms with Gasteiger partial charge in [0, 0.05) is 40.8 Å². The molecule has 1 aliphatic rings. The molecule has 0 fully saturated rings. The third-order valence-electron chi connectivity index (χ3n) is 6.22. The van der Waals surface area contributed by atoms with Gasteiger partial charge in [-0.1, -0.05) is 67.9 Å². The van der Waals surface area contributed by atoms with Crippen LogP contribution in [0.3, 0.4) is 0 Å². The molecule has 0 aliphatic carbocycles. The summed E-state index contributed by atoms with van der Waals surface area (Å²) < 4.78 is 8.46. The van der Waals surface area contributed by atoms with Crippen molar-refractivity contribution < 1.29 is 9.53 Å². The fraction of sp³-hybridized carbons (Fsp3) is 0.250. The van der Waals surface area contributed by atoms with Crippen molar-refractivity contribution in [3.8, 4) is 11.3 Å². The number of nitrogens with one attached hydrogen (secondary N) is 1. The zero-order chi connectivity index (χ0) is 22.1. The van der Waals surface area contributed by atoms with Crippen LogP contribution in [0.2, 0.25) is 0 Å². The van der Waals surface area contributed by atoms with Crippen LogP contribution in [0.15, 0.2) is 72.8 Å². The fourth-order valence-electron chi connectivity index (χ4n) is 4.78. The third-order valence-corrected chi connectivity index (χ3v) is 6.22. The summed E-state index contributed by atoms with van der Waals surface area (Å²) in [4.78, 5) is 12.9. The molecular formula is C28H28N2O2. The van der Waals surface area contributed by atoms with Gasteiger partial charge in [0.25, 0.3) is 0 Å². The Bertz CT molecular complexity index is 1270. The average Bonchev–Trinajstić information content (AvgIpc) is 3.33. The lowest BCUT2D eigenvalue weighted by Gasteiger charge is -2.16. The number of benzene rings is 3. The molecule has 0 saturated carbocycles. The Hall–Kier alpha value is -3.53. The average molecular weight is 425 g/mol. The lowest BCUT2D eigenvalue weighted by Crippen LogP contribution is -2.05. The summed E-state index contributed by atoms with van der Waals surface area (Å²) in [6, 6.07) is 24.9. The first-order chi connectivity index (χ1) is 15.7. The monoisotopic (exact) mass is 424 g/mol. The molecule has 0 saturated heterocycles. The maximum absolute atomic E-state index is 12.9. The highest BCUT2D eigenvalue weighted by molar-refractivity contribution is 5.99. The molecule has 4 aromatic rings. The minimum atomic E-state index is -0.420. The van der Waals surface area contributed by atoms with Gasteiger partial charge < -0.3 is 14.6 Å². The number of aromatic nitrogens is 1. The van der Waals surface area contributed by atoms with Crippen molar-refractivity contribution in [1.29, 1.82) is 0 Å². The molecule has 2 heterocycles. The van der Waals surface area contributed by atoms with E-state index in [9.17, 15) is 4.79 Å². The van der Waals surface area contributed by atoms with Crippen LogP contribution in [0, 0.1) is 0 Å². The highest BCUT2D eigenvalue weighted by Gasteiger charge is 2.36. The van der Waals surface area contributed by atoms with Crippen LogP contribution in [-0.4, -0.2) is 17.1 Å². The van der Waals surface area contributed by atoms with Gasteiger partial charge in [0.05, 0.1) is 11.3 Å². The molecule has 5 rings (SSSR count). The predicted octanol–water partition coefficient (Wildman–Crippen LogP) is 6.80. The van der Waals surface area contributed by atoms with E-state index in [1.54, 1.807) is 0 Å². The first-order valence-electron chi connectivity index (χ1n) is 11.5. The number of carbonyl (C=O) groups is 1. The number of rotatable bonds is 7. The van der Waals surface area contributed by atoms with Gasteiger partial charge in [0.2, 0.25) is 0 Å². The number of hydrogen-bond donors (Lipinski definition) is 1. The number of para-hydroxylation sites is 1. The van der Waals surface area contributed by atoms with E-state index in [2.05, 4.69) is 65.3 Å². The van der Waals surface area contributed by atoms with Crippen molar-refractivity contribution in [1.82, 2.24) is 4.57 Å². The SMILES string of the molecule is CCCCn1c(-c2ccccc2)c(C2OC(=O)c3cc(NCC)ccc32)c2ccccc21. The van der Waals surface area contributed by atoms with Gasteiger partial charge >= 0.3 is 5.97 Å². The number of anilines is 1. The Kier molecular flexibility index (Phi) is 5.44. The van der Waals surface area contributed by atoms with E-state index in [4.69, 9.17) is 4.74 Å². The second-order valence-electron chi connectivity index (χ2n) is 8.27. The molecule has 1 unspecified atom stereocenters. The molecule has 162 valence electrons. The molecule has 0 bridgehead atoms. The minimum absolute atomic E-state index is 0.255. The van der Waals surface area contributed by atoms with Crippen LogP contribution >= 0.6 is 0 Å². The molecule has 1 aliphatic heterocycles. The molecule has 4 heteroatoms. The van der Waals surface area contributed by atoms with Gasteiger partial charge in [0.1, 0.15) is 0 Å². The lowest BCUT2D eigenvalue weighted by molar-refractivity contribution is 0.0458. The Morgan fingerprint density at radius 3 is 2.53 bits per heavy atom. The van der Waals surface area contributed by atoms with Gasteiger partial charge in [-0.05, 0) is 37.1 Å². The van der Waals surface area contributed by atoms with E-state index in [-0.39, 0.29) is 5.97 Å². The van der Waals surface area contributed by atoms with E-state index in [1.165, 1.54) is 5.52 Å². The van der Waals surface area contributed by atoms with Gasteiger partial charge in [-0.2, -0.15) is 0 Å². The normalized spacial score (nSPS) is 15.1. The number of carbonyl (C=O) groups excluding carboxylic acids is 1. The number of hydrogen-bond acceptors (Lipinski definition) is 3. The number of aryl methyl sites for hydroxylation is 1. The number of cyclic esters (lactones) is 1. The van der Waals surface area contributed by atoms with Crippen LogP contribution < -0.4 is 5.32 Å². The fourth-order valence-corrected chi connectivity index (χ4v) is 4.78. The number of nitrogens with zero attached hydrogens (tertiary/aromatic N) is 1. The molecule has 1 aromatic heterocycles. The van der Waals surface area contributed by atoms with Crippen molar-refractivity contribution >= 4 is 22.6 Å². The Morgan fingerprint density at radius 2 is 1.75 bits per heavy atom. The highest BCUT2D eigenvalue weighted by atomic mass is 16.5. The van der Waals surface area contributed by atoms with Crippen LogP contribution in [0.25, 0.3) is 22.2 Å². The van der Waals surface area contributed by atoms with Gasteiger partial charge in [-0.25, -0.2) is 4.79 Å². The molecule has 1 N–H and O–H groups in total. The van der Waals surface area contributed by atoms with Crippen LogP contribution in [0.4, 0.5) is 5.69 Å². The van der Waals surface area contributed by atoms with E-state index in [0.717, 1.165) is 59.4 Å². The summed E-state index contributed by atoms with van der Waals surface area (Å²) in [5.74, 6) is -0.255. The molecule has 0 radical (unpaired) electrons. The molecule has 32 heavy (non-hydrogen) atoms. The van der Waals surface area contributed by atoms with Crippen molar-refractivity contribution in [2.75, 3.05) is 11.9 Å². The second kappa shape index (κ2) is 8.54. The largest absolute Gasteiger partial charge is 0.449 e. The quantitative estimate of drug-likeness (QED) is 0.332. The van der Waals surface area contributed by atoms with Crippen molar-refractivity contribution in [2.24, 2.45) is 0 Å². The van der Waals surface area contributed by atoms with E-state index in [0.29, 0.717) is 5.56 Å². The summed E-state index contributed by atoms with van der Waals surface area (Å²) in [7, 11) is 0. The zero-order valence-corrected chi connectivity index (χ0v) is 18.6. The van der Waals surface area contributed by atoms with Gasteiger partial charge in [-0.3, -0.25) is 0 Å². The summed E-state index contributed by atoms with van der Waals surface area (Å²) in [6.45, 7) is 5.99. The standard InChI is InChI=1S/C28H28N2O2/c1-3-5-17-30-24-14-10-9-13-22(24)25(26(30)19-11-7-6-8-12-19)27-21-16-15-20(29-4-2)18-23(21)28(31)32-27/h6-16,18,27,29H,3-5,17H2,1-2H3. The molecule has 1 atom stereocenters. The van der Waals surface area contributed by atoms with E-state index < -0.39 is 6.10 Å². The van der Waals surface area contributed by atoms with Crippen molar-refractivity contribution in [3.05, 3.63) is 89.5 Å². The summed E-state index contributed by atoms with van der Waals surface area (Å²) >= 11 is 0. The van der Waals surface area contributed by atoms with Gasteiger partial charge in [-0.15, -0.1) is 0 Å². The topological polar surface area (TPSA) is 43.3 Å². The first-order valence-corrected chi connectivity index (χ1v) is 11.5. The van der Waals surface area contributed by atoms with Crippen LogP contribution in [0.5, 0.6) is 0 Å². The molecular weight excluding hydrogens is 396 g/mol. The van der Waals surface area contributed by atoms with Crippen molar-refractivity contribution in [3.63, 3.8) is 0 Å². The zero-order valence-electron chi connectivity index (χ0n) is 18.6. The Morgan fingerprint density at radius 1 is 0.969 bits per heavy atom. The summed E-state index contributed by atoms with van der Waals surface area (Å²) in [5, 5.41) is 4.44. The smallest absolute Gasteiger partial charge is 0.339 e. The maximum Gasteiger partial charge on any atom is 0.339 e. The third kappa shape index (κ3) is 3.36. The second-order valence-corrected chi connectivity index (χ2v) is 8.27.